The van der Waals surface area contributed by atoms with Crippen LogP contribution in [-0.2, 0) is 5.88 Å². The van der Waals surface area contributed by atoms with Gasteiger partial charge >= 0.3 is 5.82 Å². The third kappa shape index (κ3) is 1.62. The number of aromatic nitrogens is 1. The van der Waals surface area contributed by atoms with Gasteiger partial charge in [-0.25, -0.2) is 0 Å². The zero-order chi connectivity index (χ0) is 9.14. The second-order valence-corrected chi connectivity index (χ2v) is 2.30. The molecule has 1 N–H and O–H groups in total. The molecule has 0 radical (unpaired) electrons. The molecule has 0 bridgehead atoms. The Morgan fingerprint density at radius 2 is 2.33 bits per heavy atom. The zero-order valence-electron chi connectivity index (χ0n) is 5.90. The molecule has 1 aromatic heterocycles. The normalized spacial score (nSPS) is 9.75. The number of alkyl halides is 1. The second kappa shape index (κ2) is 3.36. The predicted molar refractivity (Wildman–Crippen MR) is 42.1 cm³/mol. The van der Waals surface area contributed by atoms with Gasteiger partial charge in [0, 0.05) is 0 Å². The lowest BCUT2D eigenvalue weighted by Gasteiger charge is -1.95. The summed E-state index contributed by atoms with van der Waals surface area (Å²) < 4.78 is 0. The standard InChI is InChI=1S/C6H5ClN2O3/c7-3-4-1-2-5(10)6(8-4)9(11)12/h1-2,10H,3H2. The van der Waals surface area contributed by atoms with E-state index in [9.17, 15) is 10.1 Å². The Labute approximate surface area is 72.8 Å². The molecule has 1 rings (SSSR count). The number of rotatable bonds is 2. The van der Waals surface area contributed by atoms with E-state index >= 15 is 0 Å². The van der Waals surface area contributed by atoms with Gasteiger partial charge in [0.2, 0.25) is 5.75 Å². The summed E-state index contributed by atoms with van der Waals surface area (Å²) in [4.78, 5) is 13.0. The summed E-state index contributed by atoms with van der Waals surface area (Å²) in [5.41, 5.74) is 0.362. The van der Waals surface area contributed by atoms with E-state index < -0.39 is 16.5 Å². The monoisotopic (exact) mass is 188 g/mol. The molecule has 0 atom stereocenters. The molecule has 0 spiro atoms. The molecule has 0 amide bonds. The van der Waals surface area contributed by atoms with E-state index in [0.717, 1.165) is 0 Å². The smallest absolute Gasteiger partial charge is 0.406 e. The van der Waals surface area contributed by atoms with E-state index in [-0.39, 0.29) is 5.88 Å². The summed E-state index contributed by atoms with van der Waals surface area (Å²) >= 11 is 5.39. The first-order valence-electron chi connectivity index (χ1n) is 3.04. The number of nitrogens with zero attached hydrogens (tertiary/aromatic N) is 2. The highest BCUT2D eigenvalue weighted by molar-refractivity contribution is 6.16. The third-order valence-electron chi connectivity index (χ3n) is 1.22. The molecule has 0 unspecified atom stereocenters. The fourth-order valence-electron chi connectivity index (χ4n) is 0.689. The lowest BCUT2D eigenvalue weighted by atomic mass is 10.3. The summed E-state index contributed by atoms with van der Waals surface area (Å²) in [6.45, 7) is 0. The highest BCUT2D eigenvalue weighted by Gasteiger charge is 2.15. The average Bonchev–Trinajstić information content (AvgIpc) is 2.05. The Hall–Kier alpha value is -1.36. The minimum Gasteiger partial charge on any atom is -0.501 e. The quantitative estimate of drug-likeness (QED) is 0.433. The van der Waals surface area contributed by atoms with Gasteiger partial charge in [-0.05, 0) is 22.0 Å². The first kappa shape index (κ1) is 8.73. The number of pyridine rings is 1. The van der Waals surface area contributed by atoms with E-state index in [0.29, 0.717) is 5.69 Å². The minimum absolute atomic E-state index is 0.0844. The van der Waals surface area contributed by atoms with Crippen LogP contribution in [0.15, 0.2) is 12.1 Å². The molecule has 0 aromatic carbocycles. The van der Waals surface area contributed by atoms with Gasteiger partial charge in [-0.1, -0.05) is 0 Å². The lowest BCUT2D eigenvalue weighted by molar-refractivity contribution is -0.390. The maximum atomic E-state index is 10.2. The first-order valence-corrected chi connectivity index (χ1v) is 3.58. The summed E-state index contributed by atoms with van der Waals surface area (Å²) in [7, 11) is 0. The Bertz CT molecular complexity index is 316. The van der Waals surface area contributed by atoms with Gasteiger partial charge in [0.15, 0.2) is 5.69 Å². The molecule has 0 saturated carbocycles. The molecular formula is C6H5ClN2O3. The fraction of sp³-hybridized carbons (Fsp3) is 0.167. The number of hydrogen-bond donors (Lipinski definition) is 1. The van der Waals surface area contributed by atoms with Crippen LogP contribution < -0.4 is 0 Å². The summed E-state index contributed by atoms with van der Waals surface area (Å²) in [6.07, 6.45) is 0. The van der Waals surface area contributed by atoms with E-state index in [2.05, 4.69) is 4.98 Å². The minimum atomic E-state index is -0.759. The van der Waals surface area contributed by atoms with E-state index in [4.69, 9.17) is 16.7 Å². The van der Waals surface area contributed by atoms with Crippen molar-refractivity contribution in [1.29, 1.82) is 0 Å². The molecule has 0 aliphatic heterocycles. The van der Waals surface area contributed by atoms with Crippen molar-refractivity contribution in [3.8, 4) is 5.75 Å². The third-order valence-corrected chi connectivity index (χ3v) is 1.50. The number of nitro groups is 1. The van der Waals surface area contributed by atoms with Crippen molar-refractivity contribution in [2.45, 2.75) is 5.88 Å². The first-order chi connectivity index (χ1) is 5.65. The molecule has 0 aliphatic carbocycles. The lowest BCUT2D eigenvalue weighted by Crippen LogP contribution is -1.95. The van der Waals surface area contributed by atoms with Crippen molar-refractivity contribution in [2.75, 3.05) is 0 Å². The van der Waals surface area contributed by atoms with Crippen LogP contribution in [0.4, 0.5) is 5.82 Å². The summed E-state index contributed by atoms with van der Waals surface area (Å²) in [6, 6.07) is 2.62. The maximum absolute atomic E-state index is 10.2. The van der Waals surface area contributed by atoms with Crippen molar-refractivity contribution < 1.29 is 10.0 Å². The Morgan fingerprint density at radius 1 is 1.67 bits per heavy atom. The number of halogens is 1. The maximum Gasteiger partial charge on any atom is 0.406 e. The van der Waals surface area contributed by atoms with Crippen molar-refractivity contribution >= 4 is 17.4 Å². The van der Waals surface area contributed by atoms with Gasteiger partial charge in [-0.3, -0.25) is 0 Å². The molecule has 0 saturated heterocycles. The van der Waals surface area contributed by atoms with Crippen molar-refractivity contribution in [3.63, 3.8) is 0 Å². The largest absolute Gasteiger partial charge is 0.501 e. The highest BCUT2D eigenvalue weighted by atomic mass is 35.5. The fourth-order valence-corrected chi connectivity index (χ4v) is 0.838. The molecule has 12 heavy (non-hydrogen) atoms. The Kier molecular flexibility index (Phi) is 2.44. The summed E-state index contributed by atoms with van der Waals surface area (Å²) in [5.74, 6) is -0.928. The number of hydrogen-bond acceptors (Lipinski definition) is 4. The van der Waals surface area contributed by atoms with Crippen LogP contribution in [-0.4, -0.2) is 15.0 Å². The van der Waals surface area contributed by atoms with Gasteiger partial charge < -0.3 is 15.2 Å². The van der Waals surface area contributed by atoms with Crippen LogP contribution in [0, 0.1) is 10.1 Å². The molecule has 1 heterocycles. The molecule has 0 aliphatic rings. The topological polar surface area (TPSA) is 76.3 Å². The SMILES string of the molecule is O=[N+]([O-])c1nc(CCl)ccc1O. The van der Waals surface area contributed by atoms with E-state index in [1.54, 1.807) is 0 Å². The molecule has 6 heteroatoms. The van der Waals surface area contributed by atoms with Gasteiger partial charge in [0.1, 0.15) is 0 Å². The Morgan fingerprint density at radius 3 is 2.83 bits per heavy atom. The zero-order valence-corrected chi connectivity index (χ0v) is 6.65. The second-order valence-electron chi connectivity index (χ2n) is 2.04. The molecule has 1 aromatic rings. The van der Waals surface area contributed by atoms with Crippen LogP contribution >= 0.6 is 11.6 Å². The average molecular weight is 189 g/mol. The molecule has 64 valence electrons. The van der Waals surface area contributed by atoms with Crippen LogP contribution in [0.5, 0.6) is 5.75 Å². The van der Waals surface area contributed by atoms with Gasteiger partial charge in [-0.2, -0.15) is 0 Å². The van der Waals surface area contributed by atoms with E-state index in [1.807, 2.05) is 0 Å². The molecular weight excluding hydrogens is 184 g/mol. The van der Waals surface area contributed by atoms with Crippen LogP contribution in [0.1, 0.15) is 5.69 Å². The van der Waals surface area contributed by atoms with Gasteiger partial charge in [0.05, 0.1) is 5.88 Å². The Balaban J connectivity index is 3.17. The molecule has 5 nitrogen and oxygen atoms in total. The van der Waals surface area contributed by atoms with Crippen molar-refractivity contribution in [2.24, 2.45) is 0 Å². The molecule has 0 fully saturated rings. The van der Waals surface area contributed by atoms with Crippen LogP contribution in [0.2, 0.25) is 0 Å². The van der Waals surface area contributed by atoms with Crippen molar-refractivity contribution in [1.82, 2.24) is 4.98 Å². The number of aromatic hydroxyl groups is 1. The van der Waals surface area contributed by atoms with E-state index in [1.165, 1.54) is 12.1 Å². The van der Waals surface area contributed by atoms with Crippen LogP contribution in [0.3, 0.4) is 0 Å². The van der Waals surface area contributed by atoms with Gasteiger partial charge in [0.25, 0.3) is 0 Å². The predicted octanol–water partition coefficient (Wildman–Crippen LogP) is 1.43. The summed E-state index contributed by atoms with van der Waals surface area (Å²) in [5, 5.41) is 19.2. The highest BCUT2D eigenvalue weighted by Crippen LogP contribution is 2.22. The van der Waals surface area contributed by atoms with Crippen LogP contribution in [0.25, 0.3) is 0 Å². The van der Waals surface area contributed by atoms with Crippen molar-refractivity contribution in [3.05, 3.63) is 27.9 Å². The van der Waals surface area contributed by atoms with Gasteiger partial charge in [-0.15, -0.1) is 11.6 Å².